The number of rotatable bonds is 5. The number of aliphatic hydroxyl groups excluding tert-OH is 1. The number of nitrogens with zero attached hydrogens (tertiary/aromatic N) is 3. The van der Waals surface area contributed by atoms with E-state index in [1.54, 1.807) is 30.6 Å². The molecule has 30 heavy (non-hydrogen) atoms. The van der Waals surface area contributed by atoms with Crippen LogP contribution in [0.1, 0.15) is 41.7 Å². The Labute approximate surface area is 173 Å². The topological polar surface area (TPSA) is 49.3 Å². The number of aliphatic hydroxyl groups is 1. The first-order chi connectivity index (χ1) is 14.4. The minimum Gasteiger partial charge on any atom is -0.386 e. The zero-order valence-electron chi connectivity index (χ0n) is 16.3. The van der Waals surface area contributed by atoms with E-state index in [0.717, 1.165) is 43.6 Å². The van der Waals surface area contributed by atoms with E-state index in [-0.39, 0.29) is 6.04 Å². The summed E-state index contributed by atoms with van der Waals surface area (Å²) in [6.07, 6.45) is 1.60. The van der Waals surface area contributed by atoms with Gasteiger partial charge in [-0.3, -0.25) is 14.9 Å². The van der Waals surface area contributed by atoms with E-state index in [1.807, 2.05) is 12.1 Å². The Bertz CT molecular complexity index is 988. The van der Waals surface area contributed by atoms with E-state index < -0.39 is 17.8 Å². The van der Waals surface area contributed by atoms with Crippen LogP contribution in [0.15, 0.2) is 67.1 Å². The third-order valence-electron chi connectivity index (χ3n) is 5.48. The predicted molar refractivity (Wildman–Crippen MR) is 107 cm³/mol. The Balaban J connectivity index is 1.77. The smallest absolute Gasteiger partial charge is 0.386 e. The highest BCUT2D eigenvalue weighted by Gasteiger charge is 2.34. The number of alkyl halides is 3. The summed E-state index contributed by atoms with van der Waals surface area (Å²) in [6, 6.07) is 11.9. The first-order valence-electron chi connectivity index (χ1n) is 9.90. The van der Waals surface area contributed by atoms with Crippen LogP contribution in [-0.2, 0) is 6.18 Å². The minimum atomic E-state index is -4.45. The maximum Gasteiger partial charge on any atom is 0.416 e. The molecular formula is C23H22F3N3O. The van der Waals surface area contributed by atoms with Gasteiger partial charge in [-0.2, -0.15) is 13.2 Å². The second-order valence-electron chi connectivity index (χ2n) is 7.44. The highest BCUT2D eigenvalue weighted by atomic mass is 19.4. The molecule has 4 rings (SSSR count). The molecular weight excluding hydrogens is 391 g/mol. The molecule has 0 amide bonds. The van der Waals surface area contributed by atoms with Crippen molar-refractivity contribution in [2.75, 3.05) is 13.1 Å². The predicted octanol–water partition coefficient (Wildman–Crippen LogP) is 5.03. The summed E-state index contributed by atoms with van der Waals surface area (Å²) >= 11 is 0. The molecule has 1 fully saturated rings. The number of pyridine rings is 2. The maximum absolute atomic E-state index is 13.2. The normalized spacial score (nSPS) is 17.1. The van der Waals surface area contributed by atoms with Crippen LogP contribution in [0.5, 0.6) is 0 Å². The van der Waals surface area contributed by atoms with Crippen molar-refractivity contribution in [3.8, 4) is 11.3 Å². The Morgan fingerprint density at radius 2 is 1.73 bits per heavy atom. The lowest BCUT2D eigenvalue weighted by atomic mass is 9.92. The molecule has 3 aromatic rings. The fourth-order valence-electron chi connectivity index (χ4n) is 4.07. The van der Waals surface area contributed by atoms with Gasteiger partial charge in [-0.25, -0.2) is 0 Å². The molecule has 2 atom stereocenters. The highest BCUT2D eigenvalue weighted by molar-refractivity contribution is 5.64. The van der Waals surface area contributed by atoms with Gasteiger partial charge in [0.05, 0.1) is 17.3 Å². The molecule has 1 aliphatic rings. The van der Waals surface area contributed by atoms with Crippen molar-refractivity contribution in [2.45, 2.75) is 31.2 Å². The van der Waals surface area contributed by atoms with Crippen molar-refractivity contribution < 1.29 is 18.3 Å². The van der Waals surface area contributed by atoms with E-state index in [1.165, 1.54) is 12.3 Å². The summed E-state index contributed by atoms with van der Waals surface area (Å²) in [4.78, 5) is 10.7. The fraction of sp³-hybridized carbons (Fsp3) is 0.304. The second kappa shape index (κ2) is 8.53. The van der Waals surface area contributed by atoms with E-state index in [9.17, 15) is 18.3 Å². The molecule has 1 N–H and O–H groups in total. The summed E-state index contributed by atoms with van der Waals surface area (Å²) in [6.45, 7) is 1.69. The molecule has 156 valence electrons. The number of hydrogen-bond donors (Lipinski definition) is 1. The van der Waals surface area contributed by atoms with Crippen molar-refractivity contribution in [1.82, 2.24) is 14.9 Å². The molecule has 0 bridgehead atoms. The molecule has 1 saturated heterocycles. The third kappa shape index (κ3) is 4.22. The summed E-state index contributed by atoms with van der Waals surface area (Å²) in [5.41, 5.74) is 1.30. The van der Waals surface area contributed by atoms with E-state index in [0.29, 0.717) is 16.8 Å². The minimum absolute atomic E-state index is 0.325. The van der Waals surface area contributed by atoms with Gasteiger partial charge in [-0.1, -0.05) is 24.3 Å². The van der Waals surface area contributed by atoms with Crippen molar-refractivity contribution in [3.63, 3.8) is 0 Å². The quantitative estimate of drug-likeness (QED) is 0.637. The largest absolute Gasteiger partial charge is 0.416 e. The Hall–Kier alpha value is -2.77. The van der Waals surface area contributed by atoms with Gasteiger partial charge in [-0.15, -0.1) is 0 Å². The lowest BCUT2D eigenvalue weighted by Crippen LogP contribution is -2.31. The van der Waals surface area contributed by atoms with Crippen LogP contribution in [0, 0.1) is 0 Å². The first kappa shape index (κ1) is 20.5. The Kier molecular flexibility index (Phi) is 5.83. The van der Waals surface area contributed by atoms with Crippen LogP contribution in [-0.4, -0.2) is 33.1 Å². The summed E-state index contributed by atoms with van der Waals surface area (Å²) in [5.74, 6) is 0. The van der Waals surface area contributed by atoms with Gasteiger partial charge < -0.3 is 5.11 Å². The van der Waals surface area contributed by atoms with Crippen molar-refractivity contribution in [2.24, 2.45) is 0 Å². The van der Waals surface area contributed by atoms with Gasteiger partial charge in [0, 0.05) is 29.7 Å². The van der Waals surface area contributed by atoms with Crippen LogP contribution < -0.4 is 0 Å². The Morgan fingerprint density at radius 1 is 0.967 bits per heavy atom. The van der Waals surface area contributed by atoms with Gasteiger partial charge in [-0.05, 0) is 55.8 Å². The van der Waals surface area contributed by atoms with Gasteiger partial charge in [0.15, 0.2) is 0 Å². The van der Waals surface area contributed by atoms with Gasteiger partial charge >= 0.3 is 6.18 Å². The second-order valence-corrected chi connectivity index (χ2v) is 7.44. The van der Waals surface area contributed by atoms with Crippen LogP contribution in [0.25, 0.3) is 11.3 Å². The lowest BCUT2D eigenvalue weighted by Gasteiger charge is -2.32. The summed E-state index contributed by atoms with van der Waals surface area (Å²) in [7, 11) is 0. The van der Waals surface area contributed by atoms with Gasteiger partial charge in [0.1, 0.15) is 6.10 Å². The molecule has 0 aliphatic carbocycles. The van der Waals surface area contributed by atoms with Crippen LogP contribution >= 0.6 is 0 Å². The molecule has 4 nitrogen and oxygen atoms in total. The summed E-state index contributed by atoms with van der Waals surface area (Å²) < 4.78 is 39.6. The zero-order valence-corrected chi connectivity index (χ0v) is 16.3. The van der Waals surface area contributed by atoms with E-state index >= 15 is 0 Å². The molecule has 7 heteroatoms. The highest BCUT2D eigenvalue weighted by Crippen LogP contribution is 2.40. The molecule has 0 saturated carbocycles. The van der Waals surface area contributed by atoms with Crippen molar-refractivity contribution in [3.05, 3.63) is 83.8 Å². The van der Waals surface area contributed by atoms with E-state index in [2.05, 4.69) is 14.9 Å². The average molecular weight is 413 g/mol. The number of likely N-dealkylation sites (tertiary alicyclic amines) is 1. The Morgan fingerprint density at radius 3 is 2.43 bits per heavy atom. The molecule has 0 radical (unpaired) electrons. The SMILES string of the molecule is OC(c1cccnc1-c1cccc(C(F)(F)F)c1)C(c1cccnc1)N1CCCC1. The molecule has 2 unspecified atom stereocenters. The van der Waals surface area contributed by atoms with Crippen LogP contribution in [0.4, 0.5) is 13.2 Å². The van der Waals surface area contributed by atoms with Gasteiger partial charge in [0.25, 0.3) is 0 Å². The maximum atomic E-state index is 13.2. The average Bonchev–Trinajstić information content (AvgIpc) is 3.28. The van der Waals surface area contributed by atoms with Crippen molar-refractivity contribution >= 4 is 0 Å². The number of halogens is 3. The van der Waals surface area contributed by atoms with E-state index in [4.69, 9.17) is 0 Å². The standard InChI is InChI=1S/C23H22F3N3O/c24-23(25,26)18-8-3-6-16(14-18)20-19(9-5-11-28-20)22(30)21(29-12-1-2-13-29)17-7-4-10-27-15-17/h3-11,14-15,21-22,30H,1-2,12-13H2. The first-order valence-corrected chi connectivity index (χ1v) is 9.90. The van der Waals surface area contributed by atoms with Crippen molar-refractivity contribution in [1.29, 1.82) is 0 Å². The number of aromatic nitrogens is 2. The molecule has 1 aromatic carbocycles. The lowest BCUT2D eigenvalue weighted by molar-refractivity contribution is -0.137. The monoisotopic (exact) mass is 413 g/mol. The fourth-order valence-corrected chi connectivity index (χ4v) is 4.07. The molecule has 2 aromatic heterocycles. The van der Waals surface area contributed by atoms with Crippen LogP contribution in [0.3, 0.4) is 0 Å². The zero-order chi connectivity index (χ0) is 21.1. The number of benzene rings is 1. The molecule has 0 spiro atoms. The number of hydrogen-bond acceptors (Lipinski definition) is 4. The summed E-state index contributed by atoms with van der Waals surface area (Å²) in [5, 5.41) is 11.4. The molecule has 1 aliphatic heterocycles. The third-order valence-corrected chi connectivity index (χ3v) is 5.48. The van der Waals surface area contributed by atoms with Gasteiger partial charge in [0.2, 0.25) is 0 Å². The molecule has 3 heterocycles. The van der Waals surface area contributed by atoms with Crippen LogP contribution in [0.2, 0.25) is 0 Å².